The van der Waals surface area contributed by atoms with Crippen molar-refractivity contribution in [2.45, 2.75) is 31.9 Å². The number of urea groups is 1. The fraction of sp³-hybridized carbons (Fsp3) is 0.500. The lowest BCUT2D eigenvalue weighted by Gasteiger charge is -2.25. The Hall–Kier alpha value is -1.71. The molecule has 0 bridgehead atoms. The Labute approximate surface area is 108 Å². The van der Waals surface area contributed by atoms with Crippen LogP contribution in [-0.2, 0) is 0 Å². The molecular formula is C14H20N2O2. The minimum absolute atomic E-state index is 0.00806. The Kier molecular flexibility index (Phi) is 3.45. The molecule has 0 radical (unpaired) electrons. The number of benzene rings is 1. The van der Waals surface area contributed by atoms with Gasteiger partial charge in [0, 0.05) is 25.6 Å². The highest BCUT2D eigenvalue weighted by molar-refractivity contribution is 5.73. The van der Waals surface area contributed by atoms with Gasteiger partial charge in [-0.3, -0.25) is 0 Å². The highest BCUT2D eigenvalue weighted by atomic mass is 16.5. The van der Waals surface area contributed by atoms with E-state index in [4.69, 9.17) is 4.74 Å². The van der Waals surface area contributed by atoms with Crippen molar-refractivity contribution in [3.05, 3.63) is 29.8 Å². The maximum Gasteiger partial charge on any atom is 0.317 e. The molecule has 0 aliphatic carbocycles. The van der Waals surface area contributed by atoms with Gasteiger partial charge in [0.05, 0.1) is 6.04 Å². The Morgan fingerprint density at radius 1 is 1.39 bits per heavy atom. The molecule has 1 heterocycles. The van der Waals surface area contributed by atoms with Gasteiger partial charge in [-0.15, -0.1) is 0 Å². The summed E-state index contributed by atoms with van der Waals surface area (Å²) in [6, 6.07) is 7.94. The number of nitrogens with zero attached hydrogens (tertiary/aromatic N) is 1. The van der Waals surface area contributed by atoms with E-state index in [0.717, 1.165) is 5.75 Å². The van der Waals surface area contributed by atoms with Crippen LogP contribution < -0.4 is 10.1 Å². The first-order valence-electron chi connectivity index (χ1n) is 6.24. The first kappa shape index (κ1) is 12.7. The third kappa shape index (κ3) is 2.28. The zero-order chi connectivity index (χ0) is 13.3. The molecule has 0 saturated carbocycles. The number of para-hydroxylation sites is 1. The van der Waals surface area contributed by atoms with Crippen molar-refractivity contribution in [3.63, 3.8) is 0 Å². The first-order valence-corrected chi connectivity index (χ1v) is 6.24. The summed E-state index contributed by atoms with van der Waals surface area (Å²) in [5.41, 5.74) is 1.22. The van der Waals surface area contributed by atoms with Gasteiger partial charge in [-0.1, -0.05) is 25.1 Å². The summed E-state index contributed by atoms with van der Waals surface area (Å²) < 4.78 is 5.93. The molecule has 98 valence electrons. The van der Waals surface area contributed by atoms with Gasteiger partial charge in [0.1, 0.15) is 11.9 Å². The summed E-state index contributed by atoms with van der Waals surface area (Å²) in [6.45, 7) is 4.11. The van der Waals surface area contributed by atoms with Crippen LogP contribution in [-0.4, -0.2) is 37.2 Å². The molecule has 2 amide bonds. The second-order valence-corrected chi connectivity index (χ2v) is 5.04. The molecule has 1 aliphatic heterocycles. The molecule has 1 aromatic rings. The van der Waals surface area contributed by atoms with Gasteiger partial charge in [0.2, 0.25) is 0 Å². The lowest BCUT2D eigenvalue weighted by molar-refractivity contribution is 0.158. The van der Waals surface area contributed by atoms with Crippen LogP contribution in [0.15, 0.2) is 24.3 Å². The zero-order valence-electron chi connectivity index (χ0n) is 11.3. The van der Waals surface area contributed by atoms with Crippen molar-refractivity contribution in [3.8, 4) is 5.75 Å². The molecule has 1 aliphatic rings. The highest BCUT2D eigenvalue weighted by Crippen LogP contribution is 2.38. The molecule has 0 aromatic heterocycles. The van der Waals surface area contributed by atoms with Crippen molar-refractivity contribution >= 4 is 6.03 Å². The van der Waals surface area contributed by atoms with E-state index in [1.54, 1.807) is 14.1 Å². The molecule has 1 N–H and O–H groups in total. The highest BCUT2D eigenvalue weighted by Gasteiger charge is 2.35. The van der Waals surface area contributed by atoms with Gasteiger partial charge in [0.15, 0.2) is 0 Å². The van der Waals surface area contributed by atoms with Gasteiger partial charge in [-0.25, -0.2) is 4.79 Å². The number of hydrogen-bond donors (Lipinski definition) is 1. The van der Waals surface area contributed by atoms with Crippen LogP contribution in [0, 0.1) is 0 Å². The monoisotopic (exact) mass is 248 g/mol. The largest absolute Gasteiger partial charge is 0.487 e. The Balaban J connectivity index is 2.07. The van der Waals surface area contributed by atoms with Crippen molar-refractivity contribution in [1.82, 2.24) is 10.2 Å². The Bertz CT molecular complexity index is 445. The maximum absolute atomic E-state index is 11.6. The summed E-state index contributed by atoms with van der Waals surface area (Å²) in [4.78, 5) is 13.2. The summed E-state index contributed by atoms with van der Waals surface area (Å²) in [7, 11) is 3.46. The number of rotatable bonds is 2. The molecule has 18 heavy (non-hydrogen) atoms. The van der Waals surface area contributed by atoms with Crippen LogP contribution in [0.4, 0.5) is 4.79 Å². The molecule has 2 rings (SSSR count). The van der Waals surface area contributed by atoms with E-state index >= 15 is 0 Å². The van der Waals surface area contributed by atoms with E-state index < -0.39 is 0 Å². The van der Waals surface area contributed by atoms with Crippen molar-refractivity contribution in [2.75, 3.05) is 14.1 Å². The second kappa shape index (κ2) is 4.88. The molecule has 1 aromatic carbocycles. The lowest BCUT2D eigenvalue weighted by Crippen LogP contribution is -2.47. The van der Waals surface area contributed by atoms with Crippen LogP contribution in [0.25, 0.3) is 0 Å². The molecular weight excluding hydrogens is 228 g/mol. The summed E-state index contributed by atoms with van der Waals surface area (Å²) in [5, 5.41) is 2.95. The topological polar surface area (TPSA) is 41.6 Å². The van der Waals surface area contributed by atoms with Gasteiger partial charge < -0.3 is 15.0 Å². The number of carbonyl (C=O) groups is 1. The van der Waals surface area contributed by atoms with E-state index in [-0.39, 0.29) is 18.2 Å². The smallest absolute Gasteiger partial charge is 0.317 e. The van der Waals surface area contributed by atoms with E-state index in [2.05, 4.69) is 18.3 Å². The normalized spacial score (nSPS) is 22.9. The minimum Gasteiger partial charge on any atom is -0.487 e. The third-order valence-electron chi connectivity index (χ3n) is 3.42. The number of nitrogens with one attached hydrogen (secondary N) is 1. The van der Waals surface area contributed by atoms with E-state index in [0.29, 0.717) is 5.92 Å². The van der Waals surface area contributed by atoms with Crippen LogP contribution in [0.5, 0.6) is 5.75 Å². The third-order valence-corrected chi connectivity index (χ3v) is 3.42. The summed E-state index contributed by atoms with van der Waals surface area (Å²) in [5.74, 6) is 1.22. The molecule has 0 spiro atoms. The number of hydrogen-bond acceptors (Lipinski definition) is 2. The van der Waals surface area contributed by atoms with Gasteiger partial charge in [0.25, 0.3) is 0 Å². The number of amides is 2. The van der Waals surface area contributed by atoms with Crippen molar-refractivity contribution in [1.29, 1.82) is 0 Å². The van der Waals surface area contributed by atoms with E-state index in [9.17, 15) is 4.79 Å². The van der Waals surface area contributed by atoms with Crippen molar-refractivity contribution in [2.24, 2.45) is 0 Å². The van der Waals surface area contributed by atoms with Crippen LogP contribution in [0.2, 0.25) is 0 Å². The quantitative estimate of drug-likeness (QED) is 0.872. The first-order chi connectivity index (χ1) is 8.50. The minimum atomic E-state index is -0.0887. The average molecular weight is 248 g/mol. The summed E-state index contributed by atoms with van der Waals surface area (Å²) in [6.07, 6.45) is -0.00806. The lowest BCUT2D eigenvalue weighted by atomic mass is 9.94. The standard InChI is InChI=1S/C14H20N2O2/c1-9-11-7-5-6-8-12(11)18-13(9)10(2)15-14(17)16(3)4/h5-10,13H,1-4H3,(H,15,17)/t9-,10-,13+/m0/s1. The number of carbonyl (C=O) groups excluding carboxylic acids is 1. The predicted molar refractivity (Wildman–Crippen MR) is 71.0 cm³/mol. The molecule has 4 heteroatoms. The SMILES string of the molecule is C[C@H](NC(=O)N(C)C)[C@@H]1Oc2ccccc2[C@@H]1C. The second-order valence-electron chi connectivity index (χ2n) is 5.04. The molecule has 0 fully saturated rings. The van der Waals surface area contributed by atoms with Gasteiger partial charge >= 0.3 is 6.03 Å². The van der Waals surface area contributed by atoms with Crippen LogP contribution >= 0.6 is 0 Å². The van der Waals surface area contributed by atoms with Gasteiger partial charge in [-0.2, -0.15) is 0 Å². The fourth-order valence-corrected chi connectivity index (χ4v) is 2.33. The molecule has 4 nitrogen and oxygen atoms in total. The zero-order valence-corrected chi connectivity index (χ0v) is 11.3. The van der Waals surface area contributed by atoms with E-state index in [1.807, 2.05) is 25.1 Å². The average Bonchev–Trinajstić information content (AvgIpc) is 2.67. The van der Waals surface area contributed by atoms with Gasteiger partial charge in [-0.05, 0) is 13.0 Å². The number of ether oxygens (including phenoxy) is 1. The van der Waals surface area contributed by atoms with Crippen molar-refractivity contribution < 1.29 is 9.53 Å². The van der Waals surface area contributed by atoms with Crippen LogP contribution in [0.3, 0.4) is 0 Å². The molecule has 3 atom stereocenters. The fourth-order valence-electron chi connectivity index (χ4n) is 2.33. The molecule has 0 unspecified atom stereocenters. The summed E-state index contributed by atoms with van der Waals surface area (Å²) >= 11 is 0. The van der Waals surface area contributed by atoms with E-state index in [1.165, 1.54) is 10.5 Å². The number of fused-ring (bicyclic) bond motifs is 1. The predicted octanol–water partition coefficient (Wildman–Crippen LogP) is 2.21. The maximum atomic E-state index is 11.6. The Morgan fingerprint density at radius 2 is 2.06 bits per heavy atom. The Morgan fingerprint density at radius 3 is 2.67 bits per heavy atom. The van der Waals surface area contributed by atoms with Crippen LogP contribution in [0.1, 0.15) is 25.3 Å². The molecule has 0 saturated heterocycles.